The van der Waals surface area contributed by atoms with E-state index < -0.39 is 18.2 Å². The minimum absolute atomic E-state index is 0.0468. The van der Waals surface area contributed by atoms with E-state index in [-0.39, 0.29) is 54.0 Å². The number of rotatable bonds is 1. The molecular formula is C26H22FN3O6S. The number of likely N-dealkylation sites (tertiary alicyclic amines) is 1. The first-order valence-electron chi connectivity index (χ1n) is 12.1. The third-order valence-corrected chi connectivity index (χ3v) is 9.24. The maximum atomic E-state index is 15.0. The van der Waals surface area contributed by atoms with Crippen molar-refractivity contribution in [3.63, 3.8) is 0 Å². The molecule has 0 aliphatic carbocycles. The van der Waals surface area contributed by atoms with Crippen molar-refractivity contribution in [1.82, 2.24) is 14.5 Å². The normalized spacial score (nSPS) is 24.1. The molecular weight excluding hydrogens is 501 g/mol. The van der Waals surface area contributed by atoms with Gasteiger partial charge >= 0.3 is 5.97 Å². The van der Waals surface area contributed by atoms with Crippen LogP contribution in [0.15, 0.2) is 21.8 Å². The van der Waals surface area contributed by atoms with Crippen LogP contribution in [0.3, 0.4) is 0 Å². The summed E-state index contributed by atoms with van der Waals surface area (Å²) in [6, 6.07) is 2.64. The van der Waals surface area contributed by atoms with Crippen LogP contribution in [0.5, 0.6) is 0 Å². The van der Waals surface area contributed by atoms with Crippen molar-refractivity contribution in [2.75, 3.05) is 12.3 Å². The number of thioether (sulfide) groups is 1. The van der Waals surface area contributed by atoms with Crippen LogP contribution < -0.4 is 5.56 Å². The van der Waals surface area contributed by atoms with Gasteiger partial charge in [-0.2, -0.15) is 0 Å². The van der Waals surface area contributed by atoms with Gasteiger partial charge in [0.2, 0.25) is 5.91 Å². The van der Waals surface area contributed by atoms with Gasteiger partial charge in [-0.3, -0.25) is 9.59 Å². The lowest BCUT2D eigenvalue weighted by Crippen LogP contribution is -2.44. The number of halogens is 1. The molecule has 1 aromatic carbocycles. The van der Waals surface area contributed by atoms with Crippen LogP contribution in [0.4, 0.5) is 4.39 Å². The number of cyclic esters (lactones) is 1. The zero-order valence-corrected chi connectivity index (χ0v) is 20.6. The van der Waals surface area contributed by atoms with Gasteiger partial charge in [0, 0.05) is 39.8 Å². The first-order chi connectivity index (χ1) is 17.7. The van der Waals surface area contributed by atoms with Crippen LogP contribution >= 0.6 is 11.8 Å². The van der Waals surface area contributed by atoms with Crippen molar-refractivity contribution < 1.29 is 28.9 Å². The largest absolute Gasteiger partial charge is 0.458 e. The maximum Gasteiger partial charge on any atom is 0.340 e. The monoisotopic (exact) mass is 523 g/mol. The topological polar surface area (TPSA) is 122 Å². The van der Waals surface area contributed by atoms with Gasteiger partial charge in [-0.05, 0) is 30.5 Å². The smallest absolute Gasteiger partial charge is 0.340 e. The fourth-order valence-corrected chi connectivity index (χ4v) is 7.40. The number of aliphatic hydroxyl groups excluding tert-OH is 2. The summed E-state index contributed by atoms with van der Waals surface area (Å²) in [7, 11) is 0. The molecule has 11 heteroatoms. The van der Waals surface area contributed by atoms with E-state index in [2.05, 4.69) is 0 Å². The molecule has 3 atom stereocenters. The number of pyridine rings is 2. The number of carbonyl (C=O) groups excluding carboxylic acids is 2. The zero-order valence-electron chi connectivity index (χ0n) is 19.8. The molecule has 0 bridgehead atoms. The molecule has 0 saturated carbocycles. The number of fused-ring (bicyclic) bond motifs is 5. The number of piperidine rings is 1. The highest BCUT2D eigenvalue weighted by Gasteiger charge is 2.40. The van der Waals surface area contributed by atoms with Gasteiger partial charge < -0.3 is 24.4 Å². The summed E-state index contributed by atoms with van der Waals surface area (Å²) in [4.78, 5) is 45.8. The molecule has 7 rings (SSSR count). The van der Waals surface area contributed by atoms with E-state index in [1.807, 2.05) is 0 Å². The number of hydrogen-bond acceptors (Lipinski definition) is 8. The summed E-state index contributed by atoms with van der Waals surface area (Å²) in [5.41, 5.74) is 3.49. The van der Waals surface area contributed by atoms with Crippen LogP contribution in [0.25, 0.3) is 22.3 Å². The van der Waals surface area contributed by atoms with Gasteiger partial charge in [0.15, 0.2) is 6.10 Å². The first kappa shape index (κ1) is 22.9. The molecule has 3 aromatic rings. The zero-order chi connectivity index (χ0) is 25.7. The fraction of sp³-hybridized carbons (Fsp3) is 0.385. The Hall–Kier alpha value is -3.28. The van der Waals surface area contributed by atoms with Gasteiger partial charge in [-0.25, -0.2) is 14.2 Å². The highest BCUT2D eigenvalue weighted by Crippen LogP contribution is 2.50. The van der Waals surface area contributed by atoms with Gasteiger partial charge in [0.1, 0.15) is 12.4 Å². The van der Waals surface area contributed by atoms with Crippen molar-refractivity contribution in [3.05, 3.63) is 56.1 Å². The Balaban J connectivity index is 1.50. The Labute approximate surface area is 213 Å². The molecule has 1 fully saturated rings. The van der Waals surface area contributed by atoms with E-state index in [9.17, 15) is 29.0 Å². The second-order valence-electron chi connectivity index (χ2n) is 9.98. The highest BCUT2D eigenvalue weighted by atomic mass is 32.2. The summed E-state index contributed by atoms with van der Waals surface area (Å²) in [6.45, 7) is 2.09. The number of aromatic nitrogens is 2. The second kappa shape index (κ2) is 7.86. The maximum absolute atomic E-state index is 15.0. The number of benzene rings is 1. The number of aliphatic hydroxyl groups is 2. The van der Waals surface area contributed by atoms with Crippen molar-refractivity contribution in [1.29, 1.82) is 0 Å². The lowest BCUT2D eigenvalue weighted by molar-refractivity contribution is -0.157. The van der Waals surface area contributed by atoms with Crippen molar-refractivity contribution in [2.45, 2.75) is 56.1 Å². The van der Waals surface area contributed by atoms with Crippen LogP contribution in [0, 0.1) is 12.7 Å². The predicted octanol–water partition coefficient (Wildman–Crippen LogP) is 2.09. The van der Waals surface area contributed by atoms with Crippen LogP contribution in [-0.4, -0.2) is 54.9 Å². The van der Waals surface area contributed by atoms with E-state index in [1.54, 1.807) is 22.5 Å². The molecule has 1 saturated heterocycles. The Kier molecular flexibility index (Phi) is 4.86. The molecule has 2 aromatic heterocycles. The Morgan fingerprint density at radius 2 is 2.00 bits per heavy atom. The van der Waals surface area contributed by atoms with Gasteiger partial charge in [-0.15, -0.1) is 11.8 Å². The number of ether oxygens (including phenoxy) is 1. The SMILES string of the molecule is Cc1c(F)cc2nc3c(c4c2c1SCC4N1CCC(O)CC1=O)Cn1c-3cc2c(c1=O)COC(=O)C2O. The minimum atomic E-state index is -1.57. The van der Waals surface area contributed by atoms with Crippen LogP contribution in [-0.2, 0) is 27.5 Å². The molecule has 2 N–H and O–H groups in total. The van der Waals surface area contributed by atoms with E-state index in [1.165, 1.54) is 17.8 Å². The van der Waals surface area contributed by atoms with Crippen molar-refractivity contribution in [3.8, 4) is 11.4 Å². The Morgan fingerprint density at radius 1 is 1.19 bits per heavy atom. The number of nitrogens with zero attached hydrogens (tertiary/aromatic N) is 3. The van der Waals surface area contributed by atoms with Crippen LogP contribution in [0.1, 0.15) is 52.8 Å². The van der Waals surface area contributed by atoms with Gasteiger partial charge in [0.25, 0.3) is 5.56 Å². The molecule has 1 amide bonds. The molecule has 3 unspecified atom stereocenters. The van der Waals surface area contributed by atoms with E-state index in [0.29, 0.717) is 41.2 Å². The quantitative estimate of drug-likeness (QED) is 0.364. The van der Waals surface area contributed by atoms with E-state index in [4.69, 9.17) is 9.72 Å². The Morgan fingerprint density at radius 3 is 2.78 bits per heavy atom. The second-order valence-corrected chi connectivity index (χ2v) is 11.0. The summed E-state index contributed by atoms with van der Waals surface area (Å²) >= 11 is 1.49. The fourth-order valence-electron chi connectivity index (χ4n) is 6.06. The lowest BCUT2D eigenvalue weighted by Gasteiger charge is -2.39. The molecule has 6 heterocycles. The number of amides is 1. The molecule has 190 valence electrons. The number of esters is 1. The molecule has 0 spiro atoms. The molecule has 0 radical (unpaired) electrons. The molecule has 37 heavy (non-hydrogen) atoms. The third-order valence-electron chi connectivity index (χ3n) is 7.96. The average Bonchev–Trinajstić information content (AvgIpc) is 3.24. The average molecular weight is 524 g/mol. The van der Waals surface area contributed by atoms with E-state index in [0.717, 1.165) is 21.4 Å². The number of hydrogen-bond donors (Lipinski definition) is 2. The predicted molar refractivity (Wildman–Crippen MR) is 130 cm³/mol. The summed E-state index contributed by atoms with van der Waals surface area (Å²) < 4.78 is 21.5. The van der Waals surface area contributed by atoms with Gasteiger partial charge in [0.05, 0.1) is 47.6 Å². The first-order valence-corrected chi connectivity index (χ1v) is 13.1. The summed E-state index contributed by atoms with van der Waals surface area (Å²) in [5.74, 6) is -0.843. The van der Waals surface area contributed by atoms with Gasteiger partial charge in [-0.1, -0.05) is 0 Å². The third kappa shape index (κ3) is 3.11. The highest BCUT2D eigenvalue weighted by molar-refractivity contribution is 7.99. The molecule has 4 aliphatic rings. The Bertz CT molecular complexity index is 1640. The molecule has 4 aliphatic heterocycles. The van der Waals surface area contributed by atoms with Crippen molar-refractivity contribution >= 4 is 34.5 Å². The number of carbonyl (C=O) groups is 2. The molecule has 9 nitrogen and oxygen atoms in total. The van der Waals surface area contributed by atoms with Crippen LogP contribution in [0.2, 0.25) is 0 Å². The van der Waals surface area contributed by atoms with E-state index >= 15 is 0 Å². The minimum Gasteiger partial charge on any atom is -0.458 e. The standard InChI is InChI=1S/C26H22FN3O6S/c1-10-15(27)6-16-21-20(18(9-37-24(10)21)29-3-2-11(31)4-19(29)32)13-7-30-17(22(13)28-16)5-12-14(25(30)34)8-36-26(35)23(12)33/h5-6,11,18,23,31,33H,2-4,7-9H2,1H3. The van der Waals surface area contributed by atoms with Crippen molar-refractivity contribution in [2.24, 2.45) is 0 Å². The summed E-state index contributed by atoms with van der Waals surface area (Å²) in [5, 5.41) is 21.2. The summed E-state index contributed by atoms with van der Waals surface area (Å²) in [6.07, 6.45) is -1.72. The lowest BCUT2D eigenvalue weighted by atomic mass is 9.91.